The summed E-state index contributed by atoms with van der Waals surface area (Å²) in [4.78, 5) is 23.8. The van der Waals surface area contributed by atoms with E-state index < -0.39 is 5.97 Å². The molecule has 124 valence electrons. The second-order valence-electron chi connectivity index (χ2n) is 5.91. The van der Waals surface area contributed by atoms with E-state index in [1.807, 2.05) is 18.2 Å². The number of hydrogen-bond donors (Lipinski definition) is 2. The van der Waals surface area contributed by atoms with Gasteiger partial charge in [-0.2, -0.15) is 0 Å². The zero-order valence-electron chi connectivity index (χ0n) is 13.4. The van der Waals surface area contributed by atoms with Gasteiger partial charge in [-0.15, -0.1) is 0 Å². The summed E-state index contributed by atoms with van der Waals surface area (Å²) in [5.41, 5.74) is 2.81. The standard InChI is InChI=1S/C19H19NO4/c1-24-15-9-8-12-10-14(7-6-13(12)11-15)18(21)20-17-5-3-2-4-16(17)19(22)23/h2-5,8-9,11,14H,6-7,10H2,1H3,(H,20,21)(H,22,23). The van der Waals surface area contributed by atoms with Crippen molar-refractivity contribution in [3.8, 4) is 5.75 Å². The molecule has 24 heavy (non-hydrogen) atoms. The van der Waals surface area contributed by atoms with Crippen LogP contribution in [0.2, 0.25) is 0 Å². The first-order valence-corrected chi connectivity index (χ1v) is 7.87. The van der Waals surface area contributed by atoms with Crippen LogP contribution < -0.4 is 10.1 Å². The number of aromatic carboxylic acids is 1. The van der Waals surface area contributed by atoms with Crippen LogP contribution in [-0.4, -0.2) is 24.1 Å². The van der Waals surface area contributed by atoms with E-state index in [1.54, 1.807) is 25.3 Å². The highest BCUT2D eigenvalue weighted by molar-refractivity contribution is 6.01. The van der Waals surface area contributed by atoms with Gasteiger partial charge in [0.15, 0.2) is 0 Å². The molecule has 0 aliphatic heterocycles. The van der Waals surface area contributed by atoms with Gasteiger partial charge >= 0.3 is 5.97 Å². The number of hydrogen-bond acceptors (Lipinski definition) is 3. The Morgan fingerprint density at radius 3 is 2.71 bits per heavy atom. The molecule has 2 N–H and O–H groups in total. The van der Waals surface area contributed by atoms with E-state index in [0.29, 0.717) is 12.1 Å². The van der Waals surface area contributed by atoms with Crippen LogP contribution in [0.5, 0.6) is 5.75 Å². The monoisotopic (exact) mass is 325 g/mol. The Morgan fingerprint density at radius 2 is 1.96 bits per heavy atom. The Morgan fingerprint density at radius 1 is 1.17 bits per heavy atom. The molecule has 1 atom stereocenters. The first-order valence-electron chi connectivity index (χ1n) is 7.87. The van der Waals surface area contributed by atoms with E-state index in [-0.39, 0.29) is 17.4 Å². The Bertz CT molecular complexity index is 785. The number of amides is 1. The minimum atomic E-state index is -1.05. The molecule has 2 aromatic carbocycles. The van der Waals surface area contributed by atoms with Gasteiger partial charge in [0.05, 0.1) is 18.4 Å². The average Bonchev–Trinajstić information content (AvgIpc) is 2.61. The summed E-state index contributed by atoms with van der Waals surface area (Å²) in [5, 5.41) is 12.0. The highest BCUT2D eigenvalue weighted by atomic mass is 16.5. The van der Waals surface area contributed by atoms with Crippen LogP contribution in [0.3, 0.4) is 0 Å². The minimum absolute atomic E-state index is 0.104. The summed E-state index contributed by atoms with van der Waals surface area (Å²) in [5.74, 6) is -0.517. The fourth-order valence-electron chi connectivity index (χ4n) is 3.10. The largest absolute Gasteiger partial charge is 0.497 e. The van der Waals surface area contributed by atoms with Gasteiger partial charge in [0, 0.05) is 5.92 Å². The fourth-order valence-corrected chi connectivity index (χ4v) is 3.10. The molecule has 1 aliphatic rings. The van der Waals surface area contributed by atoms with Crippen molar-refractivity contribution >= 4 is 17.6 Å². The summed E-state index contributed by atoms with van der Waals surface area (Å²) in [7, 11) is 1.64. The summed E-state index contributed by atoms with van der Waals surface area (Å²) < 4.78 is 5.23. The Kier molecular flexibility index (Phi) is 4.51. The molecule has 5 nitrogen and oxygen atoms in total. The molecule has 0 fully saturated rings. The molecule has 5 heteroatoms. The third-order valence-electron chi connectivity index (χ3n) is 4.43. The highest BCUT2D eigenvalue weighted by Crippen LogP contribution is 2.29. The first kappa shape index (κ1) is 16.1. The molecule has 0 radical (unpaired) electrons. The van der Waals surface area contributed by atoms with Crippen molar-refractivity contribution in [1.29, 1.82) is 0 Å². The van der Waals surface area contributed by atoms with Crippen molar-refractivity contribution in [3.05, 3.63) is 59.2 Å². The van der Waals surface area contributed by atoms with Gasteiger partial charge in [-0.3, -0.25) is 4.79 Å². The maximum Gasteiger partial charge on any atom is 0.337 e. The number of carboxylic acids is 1. The van der Waals surface area contributed by atoms with E-state index >= 15 is 0 Å². The van der Waals surface area contributed by atoms with Gasteiger partial charge in [0.1, 0.15) is 5.75 Å². The maximum atomic E-state index is 12.5. The number of aryl methyl sites for hydroxylation is 1. The zero-order chi connectivity index (χ0) is 17.1. The molecule has 0 spiro atoms. The number of para-hydroxylation sites is 1. The van der Waals surface area contributed by atoms with Crippen LogP contribution in [0.4, 0.5) is 5.69 Å². The van der Waals surface area contributed by atoms with E-state index in [9.17, 15) is 14.7 Å². The van der Waals surface area contributed by atoms with E-state index in [4.69, 9.17) is 4.74 Å². The lowest BCUT2D eigenvalue weighted by atomic mass is 9.83. The third-order valence-corrected chi connectivity index (χ3v) is 4.43. The molecule has 0 heterocycles. The Labute approximate surface area is 140 Å². The third kappa shape index (κ3) is 3.25. The predicted molar refractivity (Wildman–Crippen MR) is 90.5 cm³/mol. The fraction of sp³-hybridized carbons (Fsp3) is 0.263. The Hall–Kier alpha value is -2.82. The van der Waals surface area contributed by atoms with Gasteiger partial charge in [-0.05, 0) is 54.7 Å². The van der Waals surface area contributed by atoms with Crippen molar-refractivity contribution < 1.29 is 19.4 Å². The molecule has 2 aromatic rings. The topological polar surface area (TPSA) is 75.6 Å². The highest BCUT2D eigenvalue weighted by Gasteiger charge is 2.25. The molecule has 3 rings (SSSR count). The summed E-state index contributed by atoms with van der Waals surface area (Å²) >= 11 is 0. The van der Waals surface area contributed by atoms with Crippen molar-refractivity contribution in [3.63, 3.8) is 0 Å². The number of ether oxygens (including phenoxy) is 1. The van der Waals surface area contributed by atoms with Crippen LogP contribution in [0.15, 0.2) is 42.5 Å². The molecule has 0 bridgehead atoms. The smallest absolute Gasteiger partial charge is 0.337 e. The number of carboxylic acid groups (broad SMARTS) is 1. The van der Waals surface area contributed by atoms with E-state index in [2.05, 4.69) is 5.32 Å². The Balaban J connectivity index is 1.74. The van der Waals surface area contributed by atoms with Crippen LogP contribution in [0.1, 0.15) is 27.9 Å². The molecule has 1 unspecified atom stereocenters. The SMILES string of the molecule is COc1ccc2c(c1)CCC(C(=O)Nc1ccccc1C(=O)O)C2. The maximum absolute atomic E-state index is 12.5. The van der Waals surface area contributed by atoms with Crippen LogP contribution in [0, 0.1) is 5.92 Å². The van der Waals surface area contributed by atoms with Gasteiger partial charge in [-0.1, -0.05) is 18.2 Å². The number of methoxy groups -OCH3 is 1. The van der Waals surface area contributed by atoms with Crippen LogP contribution >= 0.6 is 0 Å². The molecular formula is C19H19NO4. The van der Waals surface area contributed by atoms with Crippen molar-refractivity contribution in [2.75, 3.05) is 12.4 Å². The summed E-state index contributed by atoms with van der Waals surface area (Å²) in [6, 6.07) is 12.4. The number of anilines is 1. The zero-order valence-corrected chi connectivity index (χ0v) is 13.4. The number of carbonyl (C=O) groups is 2. The lowest BCUT2D eigenvalue weighted by molar-refractivity contribution is -0.120. The van der Waals surface area contributed by atoms with Gasteiger partial charge < -0.3 is 15.2 Å². The molecule has 0 aromatic heterocycles. The van der Waals surface area contributed by atoms with Crippen molar-refractivity contribution in [2.24, 2.45) is 5.92 Å². The number of rotatable bonds is 4. The second kappa shape index (κ2) is 6.74. The lowest BCUT2D eigenvalue weighted by Gasteiger charge is -2.24. The predicted octanol–water partition coefficient (Wildman–Crippen LogP) is 3.14. The quantitative estimate of drug-likeness (QED) is 0.905. The van der Waals surface area contributed by atoms with Gasteiger partial charge in [0.25, 0.3) is 0 Å². The molecule has 1 amide bonds. The van der Waals surface area contributed by atoms with Crippen molar-refractivity contribution in [1.82, 2.24) is 0 Å². The normalized spacial score (nSPS) is 16.1. The molecular weight excluding hydrogens is 306 g/mol. The van der Waals surface area contributed by atoms with Crippen LogP contribution in [0.25, 0.3) is 0 Å². The lowest BCUT2D eigenvalue weighted by Crippen LogP contribution is -2.28. The van der Waals surface area contributed by atoms with Crippen LogP contribution in [-0.2, 0) is 17.6 Å². The number of fused-ring (bicyclic) bond motifs is 1. The average molecular weight is 325 g/mol. The van der Waals surface area contributed by atoms with E-state index in [0.717, 1.165) is 24.2 Å². The van der Waals surface area contributed by atoms with Gasteiger partial charge in [-0.25, -0.2) is 4.79 Å². The van der Waals surface area contributed by atoms with Gasteiger partial charge in [0.2, 0.25) is 5.91 Å². The number of benzene rings is 2. The second-order valence-corrected chi connectivity index (χ2v) is 5.91. The summed E-state index contributed by atoms with van der Waals surface area (Å²) in [6.07, 6.45) is 2.20. The molecule has 0 saturated heterocycles. The first-order chi connectivity index (χ1) is 11.6. The number of nitrogens with one attached hydrogen (secondary N) is 1. The molecule has 1 aliphatic carbocycles. The number of carbonyl (C=O) groups excluding carboxylic acids is 1. The van der Waals surface area contributed by atoms with Crippen molar-refractivity contribution in [2.45, 2.75) is 19.3 Å². The minimum Gasteiger partial charge on any atom is -0.497 e. The molecule has 0 saturated carbocycles. The van der Waals surface area contributed by atoms with E-state index in [1.165, 1.54) is 11.6 Å². The summed E-state index contributed by atoms with van der Waals surface area (Å²) in [6.45, 7) is 0.